The quantitative estimate of drug-likeness (QED) is 0.890. The molecule has 2 aromatic carbocycles. The van der Waals surface area contributed by atoms with Crippen molar-refractivity contribution in [1.82, 2.24) is 4.90 Å². The van der Waals surface area contributed by atoms with Crippen LogP contribution in [0.25, 0.3) is 0 Å². The zero-order valence-corrected chi connectivity index (χ0v) is 12.3. The monoisotopic (exact) mass is 298 g/mol. The van der Waals surface area contributed by atoms with Gasteiger partial charge in [-0.05, 0) is 30.2 Å². The first-order valence-corrected chi connectivity index (χ1v) is 6.88. The highest BCUT2D eigenvalue weighted by molar-refractivity contribution is 5.87. The normalized spacial score (nSPS) is 10.2. The van der Waals surface area contributed by atoms with Gasteiger partial charge in [0.1, 0.15) is 0 Å². The third-order valence-electron chi connectivity index (χ3n) is 3.38. The molecule has 0 aromatic heterocycles. The first-order chi connectivity index (χ1) is 10.5. The van der Waals surface area contributed by atoms with E-state index in [-0.39, 0.29) is 5.56 Å². The minimum absolute atomic E-state index is 0.216. The van der Waals surface area contributed by atoms with Crippen molar-refractivity contribution >= 4 is 12.0 Å². The lowest BCUT2D eigenvalue weighted by molar-refractivity contribution is 0.0697. The predicted octanol–water partition coefficient (Wildman–Crippen LogP) is 2.77. The van der Waals surface area contributed by atoms with Gasteiger partial charge in [-0.1, -0.05) is 42.0 Å². The Morgan fingerprint density at radius 3 is 1.82 bits per heavy atom. The Hall–Kier alpha value is -2.82. The maximum absolute atomic E-state index is 11.6. The minimum Gasteiger partial charge on any atom is -0.478 e. The topological polar surface area (TPSA) is 83.6 Å². The van der Waals surface area contributed by atoms with Crippen LogP contribution in [0.4, 0.5) is 4.79 Å². The number of carboxylic acids is 1. The Morgan fingerprint density at radius 1 is 0.955 bits per heavy atom. The number of rotatable bonds is 5. The molecule has 5 nitrogen and oxygen atoms in total. The standard InChI is InChI=1S/C17H18N2O3/c1-12-2-4-13(5-3-12)10-19(17(18)22)11-14-6-8-15(9-7-14)16(20)21/h2-9H,10-11H2,1H3,(H2,18,22)(H,20,21). The second-order valence-electron chi connectivity index (χ2n) is 5.18. The number of hydrogen-bond acceptors (Lipinski definition) is 2. The molecule has 0 saturated carbocycles. The highest BCUT2D eigenvalue weighted by atomic mass is 16.4. The molecule has 0 unspecified atom stereocenters. The average Bonchev–Trinajstić information content (AvgIpc) is 2.49. The van der Waals surface area contributed by atoms with E-state index >= 15 is 0 Å². The fourth-order valence-corrected chi connectivity index (χ4v) is 2.10. The van der Waals surface area contributed by atoms with Crippen LogP contribution in [0.3, 0.4) is 0 Å². The van der Waals surface area contributed by atoms with Gasteiger partial charge in [0.05, 0.1) is 5.56 Å². The molecular formula is C17H18N2O3. The first-order valence-electron chi connectivity index (χ1n) is 6.88. The SMILES string of the molecule is Cc1ccc(CN(Cc2ccc(C(=O)O)cc2)C(N)=O)cc1. The van der Waals surface area contributed by atoms with Crippen molar-refractivity contribution < 1.29 is 14.7 Å². The third-order valence-corrected chi connectivity index (χ3v) is 3.38. The average molecular weight is 298 g/mol. The zero-order chi connectivity index (χ0) is 16.1. The van der Waals surface area contributed by atoms with Gasteiger partial charge in [-0.25, -0.2) is 9.59 Å². The highest BCUT2D eigenvalue weighted by Gasteiger charge is 2.12. The number of primary amides is 1. The van der Waals surface area contributed by atoms with Crippen LogP contribution in [0.5, 0.6) is 0 Å². The fraction of sp³-hybridized carbons (Fsp3) is 0.176. The number of carbonyl (C=O) groups is 2. The molecule has 0 aliphatic carbocycles. The number of urea groups is 1. The van der Waals surface area contributed by atoms with Crippen LogP contribution in [0.2, 0.25) is 0 Å². The van der Waals surface area contributed by atoms with Crippen LogP contribution in [0, 0.1) is 6.92 Å². The number of aryl methyl sites for hydroxylation is 1. The fourth-order valence-electron chi connectivity index (χ4n) is 2.10. The summed E-state index contributed by atoms with van der Waals surface area (Å²) in [7, 11) is 0. The molecular weight excluding hydrogens is 280 g/mol. The molecule has 0 aliphatic heterocycles. The number of carbonyl (C=O) groups excluding carboxylic acids is 1. The summed E-state index contributed by atoms with van der Waals surface area (Å²) in [6, 6.07) is 13.8. The van der Waals surface area contributed by atoms with Crippen molar-refractivity contribution in [2.24, 2.45) is 5.73 Å². The molecule has 2 rings (SSSR count). The Bertz CT molecular complexity index is 663. The number of carboxylic acid groups (broad SMARTS) is 1. The van der Waals surface area contributed by atoms with E-state index in [0.717, 1.165) is 16.7 Å². The van der Waals surface area contributed by atoms with E-state index in [1.165, 1.54) is 17.0 Å². The Balaban J connectivity index is 2.09. The van der Waals surface area contributed by atoms with Gasteiger partial charge >= 0.3 is 12.0 Å². The molecule has 0 fully saturated rings. The summed E-state index contributed by atoms with van der Waals surface area (Å²) in [6.07, 6.45) is 0. The van der Waals surface area contributed by atoms with Crippen LogP contribution in [-0.2, 0) is 13.1 Å². The Morgan fingerprint density at radius 2 is 1.41 bits per heavy atom. The molecule has 0 radical (unpaired) electrons. The second kappa shape index (κ2) is 6.76. The molecule has 0 saturated heterocycles. The molecule has 0 heterocycles. The number of amides is 2. The summed E-state index contributed by atoms with van der Waals surface area (Å²) in [4.78, 5) is 23.9. The maximum Gasteiger partial charge on any atom is 0.335 e. The van der Waals surface area contributed by atoms with E-state index in [4.69, 9.17) is 10.8 Å². The van der Waals surface area contributed by atoms with E-state index < -0.39 is 12.0 Å². The van der Waals surface area contributed by atoms with Crippen LogP contribution >= 0.6 is 0 Å². The predicted molar refractivity (Wildman–Crippen MR) is 83.4 cm³/mol. The summed E-state index contributed by atoms with van der Waals surface area (Å²) < 4.78 is 0. The lowest BCUT2D eigenvalue weighted by Crippen LogP contribution is -2.34. The summed E-state index contributed by atoms with van der Waals surface area (Å²) >= 11 is 0. The number of nitrogens with zero attached hydrogens (tertiary/aromatic N) is 1. The van der Waals surface area contributed by atoms with Crippen molar-refractivity contribution in [3.63, 3.8) is 0 Å². The van der Waals surface area contributed by atoms with Gasteiger partial charge in [0.25, 0.3) is 0 Å². The van der Waals surface area contributed by atoms with Crippen LogP contribution in [0.15, 0.2) is 48.5 Å². The smallest absolute Gasteiger partial charge is 0.335 e. The lowest BCUT2D eigenvalue weighted by Gasteiger charge is -2.20. The van der Waals surface area contributed by atoms with E-state index in [9.17, 15) is 9.59 Å². The van der Waals surface area contributed by atoms with Crippen LogP contribution in [0.1, 0.15) is 27.0 Å². The minimum atomic E-state index is -0.974. The second-order valence-corrected chi connectivity index (χ2v) is 5.18. The Kier molecular flexibility index (Phi) is 4.78. The molecule has 0 bridgehead atoms. The maximum atomic E-state index is 11.6. The molecule has 3 N–H and O–H groups in total. The molecule has 22 heavy (non-hydrogen) atoms. The largest absolute Gasteiger partial charge is 0.478 e. The number of aromatic carboxylic acids is 1. The summed E-state index contributed by atoms with van der Waals surface area (Å²) in [5, 5.41) is 8.88. The molecule has 0 aliphatic rings. The van der Waals surface area contributed by atoms with Gasteiger partial charge in [-0.3, -0.25) is 0 Å². The van der Waals surface area contributed by atoms with E-state index in [2.05, 4.69) is 0 Å². The van der Waals surface area contributed by atoms with Crippen LogP contribution < -0.4 is 5.73 Å². The van der Waals surface area contributed by atoms with E-state index in [0.29, 0.717) is 13.1 Å². The first kappa shape index (κ1) is 15.6. The van der Waals surface area contributed by atoms with E-state index in [1.54, 1.807) is 12.1 Å². The Labute approximate surface area is 129 Å². The van der Waals surface area contributed by atoms with Crippen molar-refractivity contribution in [3.8, 4) is 0 Å². The van der Waals surface area contributed by atoms with Crippen LogP contribution in [-0.4, -0.2) is 22.0 Å². The van der Waals surface area contributed by atoms with Gasteiger partial charge in [-0.2, -0.15) is 0 Å². The third kappa shape index (κ3) is 4.09. The summed E-state index contributed by atoms with van der Waals surface area (Å²) in [5.74, 6) is -0.974. The number of benzene rings is 2. The van der Waals surface area contributed by atoms with Gasteiger partial charge in [-0.15, -0.1) is 0 Å². The van der Waals surface area contributed by atoms with Gasteiger partial charge < -0.3 is 15.7 Å². The molecule has 2 aromatic rings. The zero-order valence-electron chi connectivity index (χ0n) is 12.3. The number of hydrogen-bond donors (Lipinski definition) is 2. The molecule has 0 atom stereocenters. The lowest BCUT2D eigenvalue weighted by atomic mass is 10.1. The highest BCUT2D eigenvalue weighted by Crippen LogP contribution is 2.12. The van der Waals surface area contributed by atoms with Crippen molar-refractivity contribution in [3.05, 3.63) is 70.8 Å². The molecule has 2 amide bonds. The van der Waals surface area contributed by atoms with Crippen molar-refractivity contribution in [1.29, 1.82) is 0 Å². The van der Waals surface area contributed by atoms with Gasteiger partial charge in [0.15, 0.2) is 0 Å². The van der Waals surface area contributed by atoms with Gasteiger partial charge in [0, 0.05) is 13.1 Å². The van der Waals surface area contributed by atoms with Crippen molar-refractivity contribution in [2.45, 2.75) is 20.0 Å². The molecule has 114 valence electrons. The molecule has 5 heteroatoms. The van der Waals surface area contributed by atoms with Gasteiger partial charge in [0.2, 0.25) is 0 Å². The summed E-state index contributed by atoms with van der Waals surface area (Å²) in [6.45, 7) is 2.75. The summed E-state index contributed by atoms with van der Waals surface area (Å²) in [5.41, 5.74) is 8.62. The number of nitrogens with two attached hydrogens (primary N) is 1. The van der Waals surface area contributed by atoms with Crippen molar-refractivity contribution in [2.75, 3.05) is 0 Å². The van der Waals surface area contributed by atoms with E-state index in [1.807, 2.05) is 31.2 Å². The molecule has 0 spiro atoms.